The van der Waals surface area contributed by atoms with Gasteiger partial charge in [0.2, 0.25) is 0 Å². The van der Waals surface area contributed by atoms with Crippen molar-refractivity contribution < 1.29 is 9.90 Å². The number of hydrogen-bond acceptors (Lipinski definition) is 3. The summed E-state index contributed by atoms with van der Waals surface area (Å²) in [5, 5.41) is 13.8. The van der Waals surface area contributed by atoms with E-state index in [-0.39, 0.29) is 11.7 Å². The number of phenols is 1. The van der Waals surface area contributed by atoms with E-state index in [0.717, 1.165) is 10.0 Å². The van der Waals surface area contributed by atoms with Gasteiger partial charge in [-0.3, -0.25) is 4.79 Å². The number of nitrogens with zero attached hydrogens (tertiary/aromatic N) is 1. The average molecular weight is 347 g/mol. The van der Waals surface area contributed by atoms with E-state index < -0.39 is 0 Å². The number of phenolic OH excluding ortho intramolecular Hbond substituents is 1. The van der Waals surface area contributed by atoms with E-state index >= 15 is 0 Å². The fourth-order valence-electron chi connectivity index (χ4n) is 1.76. The molecule has 0 radical (unpaired) electrons. The molecule has 2 aromatic carbocycles. The Hall–Kier alpha value is -2.14. The fraction of sp³-hybridized carbons (Fsp3) is 0.125. The molecular formula is C16H15BrN2O2. The summed E-state index contributed by atoms with van der Waals surface area (Å²) in [5.74, 6) is -0.173. The van der Waals surface area contributed by atoms with Crippen LogP contribution in [0.15, 0.2) is 52.0 Å². The van der Waals surface area contributed by atoms with Gasteiger partial charge in [0.15, 0.2) is 0 Å². The Kier molecular flexibility index (Phi) is 4.75. The molecule has 0 saturated heterocycles. The smallest absolute Gasteiger partial charge is 0.271 e. The molecule has 1 amide bonds. The Morgan fingerprint density at radius 3 is 2.52 bits per heavy atom. The van der Waals surface area contributed by atoms with Crippen LogP contribution in [0.25, 0.3) is 0 Å². The third-order valence-electron chi connectivity index (χ3n) is 2.99. The van der Waals surface area contributed by atoms with Crippen LogP contribution in [-0.2, 0) is 0 Å². The molecule has 0 bridgehead atoms. The summed E-state index contributed by atoms with van der Waals surface area (Å²) in [4.78, 5) is 12.0. The number of aromatic hydroxyl groups is 1. The normalized spacial score (nSPS) is 11.3. The number of amides is 1. The SMILES string of the molecule is CC(=NNC(=O)c1ccc(C)cc1)c1cc(Br)ccc1O. The van der Waals surface area contributed by atoms with Crippen LogP contribution < -0.4 is 5.43 Å². The minimum Gasteiger partial charge on any atom is -0.507 e. The van der Waals surface area contributed by atoms with Gasteiger partial charge in [0, 0.05) is 15.6 Å². The van der Waals surface area contributed by atoms with Crippen molar-refractivity contribution in [3.05, 3.63) is 63.6 Å². The molecule has 0 unspecified atom stereocenters. The molecular weight excluding hydrogens is 332 g/mol. The lowest BCUT2D eigenvalue weighted by atomic mass is 10.1. The number of hydrazone groups is 1. The molecule has 21 heavy (non-hydrogen) atoms. The Balaban J connectivity index is 2.14. The number of benzene rings is 2. The van der Waals surface area contributed by atoms with Gasteiger partial charge in [0.25, 0.3) is 5.91 Å². The minimum atomic E-state index is -0.288. The topological polar surface area (TPSA) is 61.7 Å². The van der Waals surface area contributed by atoms with E-state index in [1.54, 1.807) is 37.3 Å². The maximum atomic E-state index is 12.0. The quantitative estimate of drug-likeness (QED) is 0.658. The van der Waals surface area contributed by atoms with Crippen molar-refractivity contribution in [2.45, 2.75) is 13.8 Å². The zero-order valence-electron chi connectivity index (χ0n) is 11.7. The van der Waals surface area contributed by atoms with Crippen LogP contribution in [0.4, 0.5) is 0 Å². The molecule has 0 fully saturated rings. The minimum absolute atomic E-state index is 0.115. The lowest BCUT2D eigenvalue weighted by Crippen LogP contribution is -2.19. The van der Waals surface area contributed by atoms with Crippen molar-refractivity contribution in [2.75, 3.05) is 0 Å². The van der Waals surface area contributed by atoms with Crippen LogP contribution in [0.1, 0.15) is 28.4 Å². The summed E-state index contributed by atoms with van der Waals surface area (Å²) < 4.78 is 0.828. The Bertz CT molecular complexity index is 694. The van der Waals surface area contributed by atoms with E-state index in [4.69, 9.17) is 0 Å². The molecule has 0 aliphatic carbocycles. The summed E-state index contributed by atoms with van der Waals surface area (Å²) in [7, 11) is 0. The second kappa shape index (κ2) is 6.54. The number of hydrogen-bond donors (Lipinski definition) is 2. The maximum absolute atomic E-state index is 12.0. The van der Waals surface area contributed by atoms with Gasteiger partial charge in [-0.05, 0) is 44.2 Å². The average Bonchev–Trinajstić information content (AvgIpc) is 2.47. The Labute approximate surface area is 131 Å². The van der Waals surface area contributed by atoms with Crippen LogP contribution >= 0.6 is 15.9 Å². The zero-order chi connectivity index (χ0) is 15.4. The lowest BCUT2D eigenvalue weighted by molar-refractivity contribution is 0.0955. The summed E-state index contributed by atoms with van der Waals surface area (Å²) in [6, 6.07) is 12.3. The van der Waals surface area contributed by atoms with Crippen molar-refractivity contribution in [1.82, 2.24) is 5.43 Å². The molecule has 0 aliphatic rings. The molecule has 2 N–H and O–H groups in total. The first-order chi connectivity index (χ1) is 9.97. The third-order valence-corrected chi connectivity index (χ3v) is 3.48. The van der Waals surface area contributed by atoms with Gasteiger partial charge in [0.1, 0.15) is 5.75 Å². The second-order valence-electron chi connectivity index (χ2n) is 4.67. The first-order valence-corrected chi connectivity index (χ1v) is 7.17. The van der Waals surface area contributed by atoms with Crippen LogP contribution in [0.2, 0.25) is 0 Å². The summed E-state index contributed by atoms with van der Waals surface area (Å²) in [6.07, 6.45) is 0. The van der Waals surface area contributed by atoms with E-state index in [1.807, 2.05) is 19.1 Å². The van der Waals surface area contributed by atoms with Gasteiger partial charge < -0.3 is 5.11 Å². The largest absolute Gasteiger partial charge is 0.507 e. The van der Waals surface area contributed by atoms with E-state index in [9.17, 15) is 9.90 Å². The first-order valence-electron chi connectivity index (χ1n) is 6.37. The van der Waals surface area contributed by atoms with E-state index in [1.165, 1.54) is 0 Å². The molecule has 0 saturated carbocycles. The zero-order valence-corrected chi connectivity index (χ0v) is 13.3. The van der Waals surface area contributed by atoms with Crippen molar-refractivity contribution in [3.63, 3.8) is 0 Å². The number of carbonyl (C=O) groups is 1. The second-order valence-corrected chi connectivity index (χ2v) is 5.58. The molecule has 2 rings (SSSR count). The maximum Gasteiger partial charge on any atom is 0.271 e. The Morgan fingerprint density at radius 2 is 1.86 bits per heavy atom. The number of carbonyl (C=O) groups excluding carboxylic acids is 1. The number of nitrogens with one attached hydrogen (secondary N) is 1. The molecule has 0 atom stereocenters. The highest BCUT2D eigenvalue weighted by atomic mass is 79.9. The predicted molar refractivity (Wildman–Crippen MR) is 86.7 cm³/mol. The van der Waals surface area contributed by atoms with Crippen molar-refractivity contribution in [3.8, 4) is 5.75 Å². The first kappa shape index (κ1) is 15.3. The number of rotatable bonds is 3. The summed E-state index contributed by atoms with van der Waals surface area (Å²) >= 11 is 3.33. The van der Waals surface area contributed by atoms with Gasteiger partial charge in [-0.1, -0.05) is 33.6 Å². The van der Waals surface area contributed by atoms with Crippen LogP contribution in [0, 0.1) is 6.92 Å². The van der Waals surface area contributed by atoms with Gasteiger partial charge in [-0.25, -0.2) is 5.43 Å². The molecule has 0 spiro atoms. The highest BCUT2D eigenvalue weighted by Gasteiger charge is 2.07. The standard InChI is InChI=1S/C16H15BrN2O2/c1-10-3-5-12(6-4-10)16(21)19-18-11(2)14-9-13(17)7-8-15(14)20/h3-9,20H,1-2H3,(H,19,21). The molecule has 0 aliphatic heterocycles. The summed E-state index contributed by atoms with van der Waals surface area (Å²) in [5.41, 5.74) is 5.20. The van der Waals surface area contributed by atoms with Crippen molar-refractivity contribution in [2.24, 2.45) is 5.10 Å². The van der Waals surface area contributed by atoms with Gasteiger partial charge >= 0.3 is 0 Å². The van der Waals surface area contributed by atoms with Crippen molar-refractivity contribution >= 4 is 27.5 Å². The fourth-order valence-corrected chi connectivity index (χ4v) is 2.12. The molecule has 108 valence electrons. The van der Waals surface area contributed by atoms with Crippen LogP contribution in [0.5, 0.6) is 5.75 Å². The Morgan fingerprint density at radius 1 is 1.19 bits per heavy atom. The van der Waals surface area contributed by atoms with E-state index in [2.05, 4.69) is 26.5 Å². The van der Waals surface area contributed by atoms with Gasteiger partial charge in [-0.15, -0.1) is 0 Å². The highest BCUT2D eigenvalue weighted by Crippen LogP contribution is 2.22. The van der Waals surface area contributed by atoms with Crippen molar-refractivity contribution in [1.29, 1.82) is 0 Å². The third kappa shape index (κ3) is 3.92. The van der Waals surface area contributed by atoms with E-state index in [0.29, 0.717) is 16.8 Å². The molecule has 5 heteroatoms. The lowest BCUT2D eigenvalue weighted by Gasteiger charge is -2.06. The van der Waals surface area contributed by atoms with Gasteiger partial charge in [-0.2, -0.15) is 5.10 Å². The molecule has 0 heterocycles. The molecule has 4 nitrogen and oxygen atoms in total. The van der Waals surface area contributed by atoms with Crippen LogP contribution in [-0.4, -0.2) is 16.7 Å². The number of aryl methyl sites for hydroxylation is 1. The molecule has 0 aromatic heterocycles. The monoisotopic (exact) mass is 346 g/mol. The summed E-state index contributed by atoms with van der Waals surface area (Å²) in [6.45, 7) is 3.68. The highest BCUT2D eigenvalue weighted by molar-refractivity contribution is 9.10. The number of halogens is 1. The van der Waals surface area contributed by atoms with Crippen LogP contribution in [0.3, 0.4) is 0 Å². The molecule has 2 aromatic rings. The van der Waals surface area contributed by atoms with Gasteiger partial charge in [0.05, 0.1) is 5.71 Å². The predicted octanol–water partition coefficient (Wildman–Crippen LogP) is 3.62.